The lowest BCUT2D eigenvalue weighted by Gasteiger charge is -2.43. The molecule has 2 fully saturated rings. The smallest absolute Gasteiger partial charge is 0.225 e. The largest absolute Gasteiger partial charge is 0.490 e. The van der Waals surface area contributed by atoms with Crippen molar-refractivity contribution in [3.05, 3.63) is 46.7 Å². The molecule has 2 saturated heterocycles. The Balaban J connectivity index is 1.46. The zero-order valence-corrected chi connectivity index (χ0v) is 22.2. The predicted octanol–water partition coefficient (Wildman–Crippen LogP) is 2.16. The SMILES string of the molecule is Cc1cc(OC[C@]2(CC(=O)N3CCN(C)CC3)CN(C(=O)CCc3ccnn3C)CCO2)ccc1Cl. The van der Waals surface area contributed by atoms with Gasteiger partial charge in [0.25, 0.3) is 0 Å². The molecule has 1 atom stereocenters. The van der Waals surface area contributed by atoms with Gasteiger partial charge in [-0.1, -0.05) is 11.6 Å². The Labute approximate surface area is 217 Å². The molecule has 10 heteroatoms. The molecular weight excluding hydrogens is 482 g/mol. The van der Waals surface area contributed by atoms with Crippen LogP contribution in [0.25, 0.3) is 0 Å². The second-order valence-corrected chi connectivity index (χ2v) is 10.3. The monoisotopic (exact) mass is 517 g/mol. The molecule has 0 N–H and O–H groups in total. The number of aromatic nitrogens is 2. The van der Waals surface area contributed by atoms with Gasteiger partial charge in [-0.25, -0.2) is 0 Å². The van der Waals surface area contributed by atoms with Gasteiger partial charge in [0, 0.05) is 63.1 Å². The summed E-state index contributed by atoms with van der Waals surface area (Å²) in [6.45, 7) is 6.32. The number of carbonyl (C=O) groups is 2. The van der Waals surface area contributed by atoms with E-state index in [1.807, 2.05) is 42.0 Å². The summed E-state index contributed by atoms with van der Waals surface area (Å²) < 4.78 is 14.2. The highest BCUT2D eigenvalue weighted by Gasteiger charge is 2.42. The molecule has 0 spiro atoms. The summed E-state index contributed by atoms with van der Waals surface area (Å²) in [6.07, 6.45) is 2.88. The fourth-order valence-corrected chi connectivity index (χ4v) is 4.83. The molecule has 0 unspecified atom stereocenters. The number of hydrogen-bond donors (Lipinski definition) is 0. The standard InChI is InChI=1S/C26H36ClN5O4/c1-20-16-22(5-6-23(20)27)35-19-26(17-25(34)31-12-10-29(2)11-13-31)18-32(14-15-36-26)24(33)7-4-21-8-9-28-30(21)3/h5-6,8-9,16H,4,7,10-15,17-19H2,1-3H3/t26-/m0/s1. The first-order chi connectivity index (χ1) is 17.2. The van der Waals surface area contributed by atoms with Gasteiger partial charge in [0.2, 0.25) is 11.8 Å². The van der Waals surface area contributed by atoms with Gasteiger partial charge in [-0.15, -0.1) is 0 Å². The van der Waals surface area contributed by atoms with E-state index in [1.165, 1.54) is 0 Å². The van der Waals surface area contributed by atoms with Gasteiger partial charge in [-0.05, 0) is 50.2 Å². The normalized spacial score (nSPS) is 21.0. The molecule has 36 heavy (non-hydrogen) atoms. The minimum absolute atomic E-state index is 0.0307. The summed E-state index contributed by atoms with van der Waals surface area (Å²) >= 11 is 6.17. The summed E-state index contributed by atoms with van der Waals surface area (Å²) in [6, 6.07) is 7.40. The van der Waals surface area contributed by atoms with E-state index >= 15 is 0 Å². The van der Waals surface area contributed by atoms with Crippen LogP contribution in [0.4, 0.5) is 0 Å². The first kappa shape index (κ1) is 26.4. The van der Waals surface area contributed by atoms with Gasteiger partial charge in [0.05, 0.1) is 19.6 Å². The summed E-state index contributed by atoms with van der Waals surface area (Å²) in [4.78, 5) is 32.4. The Hall–Kier alpha value is -2.62. The second-order valence-electron chi connectivity index (χ2n) is 9.85. The molecule has 2 amide bonds. The lowest BCUT2D eigenvalue weighted by Crippen LogP contribution is -2.59. The average molecular weight is 518 g/mol. The summed E-state index contributed by atoms with van der Waals surface area (Å²) in [5, 5.41) is 4.85. The van der Waals surface area contributed by atoms with Crippen LogP contribution in [0.5, 0.6) is 5.75 Å². The van der Waals surface area contributed by atoms with Crippen LogP contribution in [0.3, 0.4) is 0 Å². The number of rotatable bonds is 8. The highest BCUT2D eigenvalue weighted by Crippen LogP contribution is 2.28. The minimum Gasteiger partial charge on any atom is -0.490 e. The lowest BCUT2D eigenvalue weighted by molar-refractivity contribution is -0.166. The van der Waals surface area contributed by atoms with E-state index in [1.54, 1.807) is 16.9 Å². The quantitative estimate of drug-likeness (QED) is 0.534. The first-order valence-electron chi connectivity index (χ1n) is 12.5. The van der Waals surface area contributed by atoms with Crippen molar-refractivity contribution < 1.29 is 19.1 Å². The number of piperazine rings is 1. The van der Waals surface area contributed by atoms with E-state index in [9.17, 15) is 9.59 Å². The number of carbonyl (C=O) groups excluding carboxylic acids is 2. The van der Waals surface area contributed by atoms with Gasteiger partial charge < -0.3 is 24.2 Å². The van der Waals surface area contributed by atoms with Crippen LogP contribution in [0, 0.1) is 6.92 Å². The molecule has 9 nitrogen and oxygen atoms in total. The molecule has 2 aromatic rings. The van der Waals surface area contributed by atoms with E-state index in [0.717, 1.165) is 24.3 Å². The van der Waals surface area contributed by atoms with Crippen LogP contribution in [0.2, 0.25) is 5.02 Å². The number of amides is 2. The first-order valence-corrected chi connectivity index (χ1v) is 12.9. The van der Waals surface area contributed by atoms with Crippen LogP contribution in [0.15, 0.2) is 30.5 Å². The number of ether oxygens (including phenoxy) is 2. The number of aryl methyl sites for hydroxylation is 3. The van der Waals surface area contributed by atoms with E-state index in [0.29, 0.717) is 56.4 Å². The third kappa shape index (κ3) is 6.57. The third-order valence-electron chi connectivity index (χ3n) is 7.08. The number of nitrogens with zero attached hydrogens (tertiary/aromatic N) is 5. The van der Waals surface area contributed by atoms with Crippen molar-refractivity contribution >= 4 is 23.4 Å². The van der Waals surface area contributed by atoms with Crippen molar-refractivity contribution in [3.63, 3.8) is 0 Å². The average Bonchev–Trinajstić information content (AvgIpc) is 3.28. The van der Waals surface area contributed by atoms with Crippen molar-refractivity contribution in [1.29, 1.82) is 0 Å². The van der Waals surface area contributed by atoms with Crippen molar-refractivity contribution in [1.82, 2.24) is 24.5 Å². The molecule has 1 aromatic heterocycles. The van der Waals surface area contributed by atoms with Crippen molar-refractivity contribution in [2.45, 2.75) is 31.8 Å². The molecule has 1 aromatic carbocycles. The Kier molecular flexibility index (Phi) is 8.54. The summed E-state index contributed by atoms with van der Waals surface area (Å²) in [5.74, 6) is 0.730. The van der Waals surface area contributed by atoms with Crippen LogP contribution in [-0.2, 0) is 27.8 Å². The molecule has 0 radical (unpaired) electrons. The topological polar surface area (TPSA) is 80.1 Å². The zero-order chi connectivity index (χ0) is 25.7. The molecule has 2 aliphatic heterocycles. The second kappa shape index (κ2) is 11.6. The maximum Gasteiger partial charge on any atom is 0.225 e. The van der Waals surface area contributed by atoms with Gasteiger partial charge in [0.1, 0.15) is 18.0 Å². The fourth-order valence-electron chi connectivity index (χ4n) is 4.71. The van der Waals surface area contributed by atoms with E-state index in [-0.39, 0.29) is 24.8 Å². The molecule has 2 aliphatic rings. The minimum atomic E-state index is -0.922. The van der Waals surface area contributed by atoms with E-state index in [2.05, 4.69) is 17.0 Å². The van der Waals surface area contributed by atoms with E-state index < -0.39 is 5.60 Å². The lowest BCUT2D eigenvalue weighted by atomic mass is 9.96. The van der Waals surface area contributed by atoms with Crippen LogP contribution >= 0.6 is 11.6 Å². The third-order valence-corrected chi connectivity index (χ3v) is 7.50. The summed E-state index contributed by atoms with van der Waals surface area (Å²) in [5.41, 5.74) is 0.997. The fraction of sp³-hybridized carbons (Fsp3) is 0.577. The molecular formula is C26H36ClN5O4. The van der Waals surface area contributed by atoms with Crippen LogP contribution < -0.4 is 4.74 Å². The van der Waals surface area contributed by atoms with E-state index in [4.69, 9.17) is 21.1 Å². The maximum absolute atomic E-state index is 13.3. The molecule has 4 rings (SSSR count). The van der Waals surface area contributed by atoms with Crippen molar-refractivity contribution in [2.24, 2.45) is 7.05 Å². The molecule has 0 saturated carbocycles. The molecule has 0 bridgehead atoms. The van der Waals surface area contributed by atoms with Crippen molar-refractivity contribution in [2.75, 3.05) is 59.5 Å². The van der Waals surface area contributed by atoms with Crippen molar-refractivity contribution in [3.8, 4) is 5.75 Å². The predicted molar refractivity (Wildman–Crippen MR) is 137 cm³/mol. The van der Waals surface area contributed by atoms with Gasteiger partial charge in [-0.3, -0.25) is 14.3 Å². The van der Waals surface area contributed by atoms with Crippen LogP contribution in [0.1, 0.15) is 24.1 Å². The Morgan fingerprint density at radius 3 is 2.56 bits per heavy atom. The van der Waals surface area contributed by atoms with Gasteiger partial charge in [0.15, 0.2) is 0 Å². The number of benzene rings is 1. The highest BCUT2D eigenvalue weighted by molar-refractivity contribution is 6.31. The number of likely N-dealkylation sites (N-methyl/N-ethyl adjacent to an activating group) is 1. The summed E-state index contributed by atoms with van der Waals surface area (Å²) in [7, 11) is 3.93. The number of hydrogen-bond acceptors (Lipinski definition) is 6. The zero-order valence-electron chi connectivity index (χ0n) is 21.4. The van der Waals surface area contributed by atoms with Gasteiger partial charge in [-0.2, -0.15) is 5.10 Å². The maximum atomic E-state index is 13.3. The highest BCUT2D eigenvalue weighted by atomic mass is 35.5. The molecule has 3 heterocycles. The Morgan fingerprint density at radius 2 is 1.86 bits per heavy atom. The number of halogens is 1. The van der Waals surface area contributed by atoms with Gasteiger partial charge >= 0.3 is 0 Å². The Morgan fingerprint density at radius 1 is 1.08 bits per heavy atom. The Bertz CT molecular complexity index is 1070. The molecule has 0 aliphatic carbocycles. The van der Waals surface area contributed by atoms with Crippen LogP contribution in [-0.4, -0.2) is 101 Å². The molecule has 196 valence electrons. The number of morpholine rings is 1.